The van der Waals surface area contributed by atoms with Gasteiger partial charge in [0.05, 0.1) is 13.2 Å². The second kappa shape index (κ2) is 7.90. The van der Waals surface area contributed by atoms with Crippen molar-refractivity contribution in [3.8, 4) is 5.75 Å². The van der Waals surface area contributed by atoms with E-state index in [1.165, 1.54) is 0 Å². The van der Waals surface area contributed by atoms with Crippen LogP contribution in [-0.2, 0) is 9.59 Å². The number of imide groups is 2. The van der Waals surface area contributed by atoms with E-state index in [4.69, 9.17) is 4.74 Å². The van der Waals surface area contributed by atoms with Gasteiger partial charge in [0.15, 0.2) is 5.78 Å². The predicted octanol–water partition coefficient (Wildman–Crippen LogP) is 2.64. The van der Waals surface area contributed by atoms with Crippen LogP contribution in [-0.4, -0.2) is 52.6 Å². The summed E-state index contributed by atoms with van der Waals surface area (Å²) in [7, 11) is 0. The van der Waals surface area contributed by atoms with Crippen molar-refractivity contribution in [2.45, 2.75) is 45.6 Å². The van der Waals surface area contributed by atoms with Crippen molar-refractivity contribution in [2.75, 3.05) is 13.2 Å². The lowest BCUT2D eigenvalue weighted by atomic mass is 9.85. The van der Waals surface area contributed by atoms with Gasteiger partial charge in [0, 0.05) is 11.6 Å². The normalized spacial score (nSPS) is 23.1. The maximum atomic E-state index is 12.7. The Morgan fingerprint density at radius 3 is 2.37 bits per heavy atom. The summed E-state index contributed by atoms with van der Waals surface area (Å²) in [6, 6.07) is 5.54. The van der Waals surface area contributed by atoms with E-state index in [-0.39, 0.29) is 12.0 Å². The quantitative estimate of drug-likeness (QED) is 0.435. The fourth-order valence-corrected chi connectivity index (χ4v) is 3.77. The van der Waals surface area contributed by atoms with Gasteiger partial charge in [-0.1, -0.05) is 19.8 Å². The Labute approximate surface area is 158 Å². The van der Waals surface area contributed by atoms with E-state index in [1.54, 1.807) is 24.3 Å². The molecule has 1 aromatic carbocycles. The van der Waals surface area contributed by atoms with Crippen LogP contribution in [0.25, 0.3) is 0 Å². The second-order valence-electron chi connectivity index (χ2n) is 7.06. The third-order valence-corrected chi connectivity index (χ3v) is 5.27. The number of nitrogens with zero attached hydrogens (tertiary/aromatic N) is 2. The van der Waals surface area contributed by atoms with Crippen molar-refractivity contribution in [1.82, 2.24) is 9.80 Å². The Morgan fingerprint density at radius 1 is 1.07 bits per heavy atom. The molecular formula is C20H24N2O5. The number of carbonyl (C=O) groups excluding carboxylic acids is 4. The Bertz CT molecular complexity index is 758. The highest BCUT2D eigenvalue weighted by Crippen LogP contribution is 2.31. The van der Waals surface area contributed by atoms with E-state index in [1.807, 2.05) is 13.8 Å². The summed E-state index contributed by atoms with van der Waals surface area (Å²) in [6.45, 7) is 3.93. The Hall–Kier alpha value is -2.70. The number of hydrogen-bond donors (Lipinski definition) is 0. The lowest BCUT2D eigenvalue weighted by Crippen LogP contribution is -2.46. The average molecular weight is 372 g/mol. The molecule has 2 fully saturated rings. The summed E-state index contributed by atoms with van der Waals surface area (Å²) in [4.78, 5) is 51.8. The summed E-state index contributed by atoms with van der Waals surface area (Å²) in [5.41, 5.74) is 0.357. The molecule has 0 spiro atoms. The van der Waals surface area contributed by atoms with E-state index in [2.05, 4.69) is 0 Å². The minimum atomic E-state index is -0.919. The number of urea groups is 1. The van der Waals surface area contributed by atoms with Crippen LogP contribution in [0.3, 0.4) is 0 Å². The molecule has 1 aliphatic carbocycles. The van der Waals surface area contributed by atoms with Gasteiger partial charge in [-0.15, -0.1) is 0 Å². The van der Waals surface area contributed by atoms with Gasteiger partial charge in [-0.25, -0.2) is 9.69 Å². The van der Waals surface area contributed by atoms with Crippen LogP contribution >= 0.6 is 0 Å². The molecule has 1 saturated heterocycles. The van der Waals surface area contributed by atoms with Gasteiger partial charge >= 0.3 is 17.8 Å². The van der Waals surface area contributed by atoms with E-state index < -0.39 is 30.2 Å². The minimum Gasteiger partial charge on any atom is -0.494 e. The highest BCUT2D eigenvalue weighted by Gasteiger charge is 2.49. The molecule has 1 saturated carbocycles. The Balaban J connectivity index is 1.72. The molecule has 0 unspecified atom stereocenters. The summed E-state index contributed by atoms with van der Waals surface area (Å²) in [5, 5.41) is 0. The van der Waals surface area contributed by atoms with Gasteiger partial charge < -0.3 is 4.74 Å². The number of amides is 4. The number of ether oxygens (including phenoxy) is 1. The zero-order chi connectivity index (χ0) is 19.6. The van der Waals surface area contributed by atoms with E-state index in [0.29, 0.717) is 24.3 Å². The SMILES string of the molecule is CCOc1ccc(C(=O)CN2C(=O)C(=O)N([C@H]3CCCC[C@@H]3C)C2=O)cc1. The largest absolute Gasteiger partial charge is 0.494 e. The summed E-state index contributed by atoms with van der Waals surface area (Å²) < 4.78 is 5.33. The van der Waals surface area contributed by atoms with Crippen LogP contribution in [0.15, 0.2) is 24.3 Å². The molecular weight excluding hydrogens is 348 g/mol. The molecule has 1 aliphatic heterocycles. The van der Waals surface area contributed by atoms with Crippen LogP contribution in [0.1, 0.15) is 49.9 Å². The first-order valence-corrected chi connectivity index (χ1v) is 9.39. The lowest BCUT2D eigenvalue weighted by Gasteiger charge is -2.34. The van der Waals surface area contributed by atoms with Crippen molar-refractivity contribution in [3.63, 3.8) is 0 Å². The lowest BCUT2D eigenvalue weighted by molar-refractivity contribution is -0.144. The molecule has 2 aliphatic rings. The van der Waals surface area contributed by atoms with Crippen LogP contribution in [0, 0.1) is 5.92 Å². The first-order chi connectivity index (χ1) is 12.9. The molecule has 1 heterocycles. The number of ketones is 1. The van der Waals surface area contributed by atoms with Crippen molar-refractivity contribution in [2.24, 2.45) is 5.92 Å². The third kappa shape index (κ3) is 3.72. The van der Waals surface area contributed by atoms with Crippen LogP contribution in [0.5, 0.6) is 5.75 Å². The predicted molar refractivity (Wildman–Crippen MR) is 97.3 cm³/mol. The maximum Gasteiger partial charge on any atom is 0.334 e. The molecule has 0 aromatic heterocycles. The first kappa shape index (κ1) is 19.1. The zero-order valence-corrected chi connectivity index (χ0v) is 15.6. The molecule has 7 nitrogen and oxygen atoms in total. The number of rotatable bonds is 6. The Kier molecular flexibility index (Phi) is 5.58. The summed E-state index contributed by atoms with van der Waals surface area (Å²) >= 11 is 0. The number of carbonyl (C=O) groups is 4. The maximum absolute atomic E-state index is 12.7. The van der Waals surface area contributed by atoms with Gasteiger partial charge in [-0.2, -0.15) is 0 Å². The number of hydrogen-bond acceptors (Lipinski definition) is 5. The standard InChI is InChI=1S/C20H24N2O5/c1-3-27-15-10-8-14(9-11-15)17(23)12-21-18(24)19(25)22(20(21)26)16-7-5-4-6-13(16)2/h8-11,13,16H,3-7,12H2,1-2H3/t13-,16-/m0/s1. The molecule has 1 aromatic rings. The fourth-order valence-electron chi connectivity index (χ4n) is 3.77. The summed E-state index contributed by atoms with van der Waals surface area (Å²) in [5.74, 6) is -1.35. The van der Waals surface area contributed by atoms with Gasteiger partial charge in [0.2, 0.25) is 0 Å². The van der Waals surface area contributed by atoms with Gasteiger partial charge in [-0.3, -0.25) is 19.3 Å². The number of benzene rings is 1. The molecule has 4 amide bonds. The topological polar surface area (TPSA) is 84.0 Å². The minimum absolute atomic E-state index is 0.154. The van der Waals surface area contributed by atoms with Crippen LogP contribution in [0.4, 0.5) is 4.79 Å². The van der Waals surface area contributed by atoms with Crippen LogP contribution in [0.2, 0.25) is 0 Å². The Morgan fingerprint density at radius 2 is 1.74 bits per heavy atom. The molecule has 7 heteroatoms. The molecule has 0 radical (unpaired) electrons. The van der Waals surface area contributed by atoms with Gasteiger partial charge in [0.25, 0.3) is 0 Å². The summed E-state index contributed by atoms with van der Waals surface area (Å²) in [6.07, 6.45) is 3.60. The third-order valence-electron chi connectivity index (χ3n) is 5.27. The highest BCUT2D eigenvalue weighted by molar-refractivity contribution is 6.45. The zero-order valence-electron chi connectivity index (χ0n) is 15.6. The van der Waals surface area contributed by atoms with E-state index in [0.717, 1.165) is 29.1 Å². The molecule has 2 atom stereocenters. The van der Waals surface area contributed by atoms with Crippen molar-refractivity contribution in [3.05, 3.63) is 29.8 Å². The van der Waals surface area contributed by atoms with Crippen LogP contribution < -0.4 is 4.74 Å². The van der Waals surface area contributed by atoms with Crippen molar-refractivity contribution < 1.29 is 23.9 Å². The van der Waals surface area contributed by atoms with Gasteiger partial charge in [0.1, 0.15) is 5.75 Å². The van der Waals surface area contributed by atoms with Crippen molar-refractivity contribution >= 4 is 23.6 Å². The first-order valence-electron chi connectivity index (χ1n) is 9.39. The smallest absolute Gasteiger partial charge is 0.334 e. The molecule has 3 rings (SSSR count). The molecule has 0 bridgehead atoms. The molecule has 0 N–H and O–H groups in total. The average Bonchev–Trinajstić information content (AvgIpc) is 2.87. The van der Waals surface area contributed by atoms with Crippen molar-refractivity contribution in [1.29, 1.82) is 0 Å². The molecule has 27 heavy (non-hydrogen) atoms. The highest BCUT2D eigenvalue weighted by atomic mass is 16.5. The fraction of sp³-hybridized carbons (Fsp3) is 0.500. The van der Waals surface area contributed by atoms with E-state index >= 15 is 0 Å². The molecule has 144 valence electrons. The second-order valence-corrected chi connectivity index (χ2v) is 7.06. The van der Waals surface area contributed by atoms with E-state index in [9.17, 15) is 19.2 Å². The number of Topliss-reactive ketones (excluding diaryl/α,β-unsaturated/α-hetero) is 1. The van der Waals surface area contributed by atoms with Gasteiger partial charge in [-0.05, 0) is 49.9 Å². The monoisotopic (exact) mass is 372 g/mol.